The lowest BCUT2D eigenvalue weighted by Crippen LogP contribution is -2.03. The van der Waals surface area contributed by atoms with E-state index in [9.17, 15) is 9.18 Å². The molecule has 0 saturated heterocycles. The van der Waals surface area contributed by atoms with Crippen LogP contribution in [0.1, 0.15) is 15.9 Å². The van der Waals surface area contributed by atoms with Crippen LogP contribution >= 0.6 is 0 Å². The van der Waals surface area contributed by atoms with E-state index in [1.165, 1.54) is 37.7 Å². The van der Waals surface area contributed by atoms with Gasteiger partial charge in [-0.1, -0.05) is 0 Å². The zero-order chi connectivity index (χ0) is 11.5. The van der Waals surface area contributed by atoms with Gasteiger partial charge in [-0.05, 0) is 12.1 Å². The number of ketones is 1. The van der Waals surface area contributed by atoms with Gasteiger partial charge in [0.15, 0.2) is 5.78 Å². The average Bonchev–Trinajstić information content (AvgIpc) is 2.81. The molecule has 0 spiro atoms. The number of halogens is 1. The Hall–Kier alpha value is -2.17. The molecule has 2 rings (SSSR count). The molecule has 0 saturated carbocycles. The van der Waals surface area contributed by atoms with Gasteiger partial charge in [0.2, 0.25) is 0 Å². The van der Waals surface area contributed by atoms with Crippen molar-refractivity contribution in [3.8, 4) is 5.75 Å². The van der Waals surface area contributed by atoms with Crippen LogP contribution in [0.4, 0.5) is 4.39 Å². The SMILES string of the molecule is COc1ccc(C(=O)c2cn[nH]c2)c(F)c1. The van der Waals surface area contributed by atoms with Crippen molar-refractivity contribution in [3.63, 3.8) is 0 Å². The number of aromatic amines is 1. The third-order valence-electron chi connectivity index (χ3n) is 2.18. The molecule has 4 nitrogen and oxygen atoms in total. The number of rotatable bonds is 3. The molecule has 0 radical (unpaired) electrons. The van der Waals surface area contributed by atoms with E-state index in [1.807, 2.05) is 0 Å². The first-order valence-electron chi connectivity index (χ1n) is 4.59. The fourth-order valence-corrected chi connectivity index (χ4v) is 1.34. The maximum atomic E-state index is 13.5. The number of methoxy groups -OCH3 is 1. The molecule has 16 heavy (non-hydrogen) atoms. The standard InChI is InChI=1S/C11H9FN2O2/c1-16-8-2-3-9(10(12)4-8)11(15)7-5-13-14-6-7/h2-6H,1H3,(H,13,14). The van der Waals surface area contributed by atoms with Crippen LogP contribution in [0, 0.1) is 5.82 Å². The Morgan fingerprint density at radius 3 is 2.88 bits per heavy atom. The summed E-state index contributed by atoms with van der Waals surface area (Å²) >= 11 is 0. The van der Waals surface area contributed by atoms with E-state index in [1.54, 1.807) is 0 Å². The highest BCUT2D eigenvalue weighted by Crippen LogP contribution is 2.18. The molecule has 0 unspecified atom stereocenters. The third-order valence-corrected chi connectivity index (χ3v) is 2.18. The van der Waals surface area contributed by atoms with E-state index in [-0.39, 0.29) is 5.56 Å². The van der Waals surface area contributed by atoms with E-state index in [4.69, 9.17) is 4.74 Å². The van der Waals surface area contributed by atoms with Crippen LogP contribution in [0.3, 0.4) is 0 Å². The summed E-state index contributed by atoms with van der Waals surface area (Å²) in [7, 11) is 1.44. The second-order valence-electron chi connectivity index (χ2n) is 3.16. The van der Waals surface area contributed by atoms with E-state index < -0.39 is 11.6 Å². The van der Waals surface area contributed by atoms with Crippen molar-refractivity contribution in [2.75, 3.05) is 7.11 Å². The van der Waals surface area contributed by atoms with Crippen molar-refractivity contribution < 1.29 is 13.9 Å². The van der Waals surface area contributed by atoms with Crippen molar-refractivity contribution >= 4 is 5.78 Å². The zero-order valence-corrected chi connectivity index (χ0v) is 8.53. The number of hydrogen-bond donors (Lipinski definition) is 1. The van der Waals surface area contributed by atoms with Gasteiger partial charge >= 0.3 is 0 Å². The molecule has 82 valence electrons. The summed E-state index contributed by atoms with van der Waals surface area (Å²) in [6.07, 6.45) is 2.78. The molecule has 0 amide bonds. The van der Waals surface area contributed by atoms with Crippen LogP contribution in [-0.4, -0.2) is 23.1 Å². The summed E-state index contributed by atoms with van der Waals surface area (Å²) in [6, 6.07) is 4.10. The molecule has 0 atom stereocenters. The number of aromatic nitrogens is 2. The fraction of sp³-hybridized carbons (Fsp3) is 0.0909. The number of benzene rings is 1. The highest BCUT2D eigenvalue weighted by Gasteiger charge is 2.15. The lowest BCUT2D eigenvalue weighted by atomic mass is 10.1. The maximum absolute atomic E-state index is 13.5. The van der Waals surface area contributed by atoms with Crippen LogP contribution in [0.2, 0.25) is 0 Å². The first-order chi connectivity index (χ1) is 7.72. The normalized spacial score (nSPS) is 10.1. The maximum Gasteiger partial charge on any atom is 0.199 e. The number of hydrogen-bond acceptors (Lipinski definition) is 3. The quantitative estimate of drug-likeness (QED) is 0.802. The summed E-state index contributed by atoms with van der Waals surface area (Å²) in [5, 5.41) is 6.14. The van der Waals surface area contributed by atoms with Gasteiger partial charge in [0, 0.05) is 12.3 Å². The summed E-state index contributed by atoms with van der Waals surface area (Å²) in [6.45, 7) is 0. The predicted molar refractivity (Wildman–Crippen MR) is 55.0 cm³/mol. The Balaban J connectivity index is 2.38. The van der Waals surface area contributed by atoms with Gasteiger partial charge < -0.3 is 4.74 Å². The molecule has 0 bridgehead atoms. The van der Waals surface area contributed by atoms with Crippen molar-refractivity contribution in [3.05, 3.63) is 47.5 Å². The molecule has 0 aliphatic heterocycles. The first kappa shape index (κ1) is 10.4. The zero-order valence-electron chi connectivity index (χ0n) is 8.53. The molecule has 0 aliphatic rings. The van der Waals surface area contributed by atoms with E-state index in [2.05, 4.69) is 10.2 Å². The Morgan fingerprint density at radius 2 is 2.31 bits per heavy atom. The van der Waals surface area contributed by atoms with Crippen molar-refractivity contribution in [1.29, 1.82) is 0 Å². The fourth-order valence-electron chi connectivity index (χ4n) is 1.34. The molecular formula is C11H9FN2O2. The number of carbonyl (C=O) groups excluding carboxylic acids is 1. The number of nitrogens with zero attached hydrogens (tertiary/aromatic N) is 1. The number of nitrogens with one attached hydrogen (secondary N) is 1. The second-order valence-corrected chi connectivity index (χ2v) is 3.16. The van der Waals surface area contributed by atoms with Gasteiger partial charge in [0.25, 0.3) is 0 Å². The molecule has 0 aliphatic carbocycles. The molecule has 2 aromatic rings. The Morgan fingerprint density at radius 1 is 1.50 bits per heavy atom. The highest BCUT2D eigenvalue weighted by atomic mass is 19.1. The number of carbonyl (C=O) groups is 1. The predicted octanol–water partition coefficient (Wildman–Crippen LogP) is 1.79. The lowest BCUT2D eigenvalue weighted by Gasteiger charge is -2.03. The largest absolute Gasteiger partial charge is 0.497 e. The highest BCUT2D eigenvalue weighted by molar-refractivity contribution is 6.08. The summed E-state index contributed by atoms with van der Waals surface area (Å²) in [5.41, 5.74) is 0.325. The number of H-pyrrole nitrogens is 1. The minimum Gasteiger partial charge on any atom is -0.497 e. The molecule has 5 heteroatoms. The molecule has 1 aromatic carbocycles. The second kappa shape index (κ2) is 4.14. The molecule has 1 heterocycles. The monoisotopic (exact) mass is 220 g/mol. The van der Waals surface area contributed by atoms with Crippen LogP contribution in [0.15, 0.2) is 30.6 Å². The van der Waals surface area contributed by atoms with Gasteiger partial charge in [0.1, 0.15) is 11.6 Å². The van der Waals surface area contributed by atoms with Gasteiger partial charge in [0.05, 0.1) is 24.4 Å². The third kappa shape index (κ3) is 1.79. The van der Waals surface area contributed by atoms with Crippen LogP contribution in [0.5, 0.6) is 5.75 Å². The smallest absolute Gasteiger partial charge is 0.199 e. The van der Waals surface area contributed by atoms with E-state index in [0.717, 1.165) is 0 Å². The van der Waals surface area contributed by atoms with Crippen molar-refractivity contribution in [2.24, 2.45) is 0 Å². The molecule has 0 fully saturated rings. The summed E-state index contributed by atoms with van der Waals surface area (Å²) in [5.74, 6) is -0.638. The Labute approximate surface area is 91.1 Å². The minimum absolute atomic E-state index is 0.00204. The lowest BCUT2D eigenvalue weighted by molar-refractivity contribution is 0.103. The minimum atomic E-state index is -0.606. The topological polar surface area (TPSA) is 55.0 Å². The summed E-state index contributed by atoms with van der Waals surface area (Å²) < 4.78 is 18.4. The van der Waals surface area contributed by atoms with E-state index in [0.29, 0.717) is 11.3 Å². The Bertz CT molecular complexity index is 509. The van der Waals surface area contributed by atoms with Gasteiger partial charge in [-0.15, -0.1) is 0 Å². The number of ether oxygens (including phenoxy) is 1. The summed E-state index contributed by atoms with van der Waals surface area (Å²) in [4.78, 5) is 11.8. The van der Waals surface area contributed by atoms with E-state index >= 15 is 0 Å². The molecule has 1 N–H and O–H groups in total. The average molecular weight is 220 g/mol. The van der Waals surface area contributed by atoms with Crippen molar-refractivity contribution in [1.82, 2.24) is 10.2 Å². The van der Waals surface area contributed by atoms with Crippen LogP contribution < -0.4 is 4.74 Å². The van der Waals surface area contributed by atoms with Crippen LogP contribution in [0.25, 0.3) is 0 Å². The Kier molecular flexibility index (Phi) is 2.68. The molecule has 1 aromatic heterocycles. The van der Waals surface area contributed by atoms with Crippen LogP contribution in [-0.2, 0) is 0 Å². The van der Waals surface area contributed by atoms with Gasteiger partial charge in [-0.3, -0.25) is 9.89 Å². The van der Waals surface area contributed by atoms with Crippen molar-refractivity contribution in [2.45, 2.75) is 0 Å². The van der Waals surface area contributed by atoms with Gasteiger partial charge in [-0.25, -0.2) is 4.39 Å². The molecular weight excluding hydrogens is 211 g/mol. The van der Waals surface area contributed by atoms with Gasteiger partial charge in [-0.2, -0.15) is 5.10 Å². The first-order valence-corrected chi connectivity index (χ1v) is 4.59.